The first-order chi connectivity index (χ1) is 14.7. The molecule has 2 aliphatic heterocycles. The van der Waals surface area contributed by atoms with Gasteiger partial charge >= 0.3 is 0 Å². The molecule has 1 aromatic carbocycles. The van der Waals surface area contributed by atoms with E-state index in [0.717, 1.165) is 38.0 Å². The Kier molecular flexibility index (Phi) is 12.3. The Bertz CT molecular complexity index is 658. The maximum Gasteiger partial charge on any atom is 0.272 e. The van der Waals surface area contributed by atoms with Crippen molar-refractivity contribution in [2.24, 2.45) is 0 Å². The number of benzene rings is 1. The minimum Gasteiger partial charge on any atom is -0.491 e. The van der Waals surface area contributed by atoms with Crippen LogP contribution in [-0.2, 0) is 23.7 Å². The maximum absolute atomic E-state index is 5.68. The quantitative estimate of drug-likeness (QED) is 0.467. The molecule has 3 rings (SSSR count). The van der Waals surface area contributed by atoms with Crippen molar-refractivity contribution in [2.75, 3.05) is 6.61 Å². The molecule has 0 bridgehead atoms. The van der Waals surface area contributed by atoms with Gasteiger partial charge < -0.3 is 23.7 Å². The first-order valence-electron chi connectivity index (χ1n) is 11.1. The fourth-order valence-electron chi connectivity index (χ4n) is 3.16. The minimum absolute atomic E-state index is 0.165. The first-order valence-corrected chi connectivity index (χ1v) is 11.1. The van der Waals surface area contributed by atoms with Crippen LogP contribution in [0, 0.1) is 0 Å². The zero-order valence-corrected chi connectivity index (χ0v) is 19.9. The highest BCUT2D eigenvalue weighted by Gasteiger charge is 2.18. The first kappa shape index (κ1) is 26.5. The van der Waals surface area contributed by atoms with Crippen LogP contribution in [0.3, 0.4) is 0 Å². The molecular formula is C26H40O5. The molecular weight excluding hydrogens is 392 g/mol. The van der Waals surface area contributed by atoms with E-state index in [1.807, 2.05) is 45.9 Å². The van der Waals surface area contributed by atoms with Gasteiger partial charge in [-0.3, -0.25) is 0 Å². The summed E-state index contributed by atoms with van der Waals surface area (Å²) >= 11 is 0. The van der Waals surface area contributed by atoms with Gasteiger partial charge in [0, 0.05) is 12.8 Å². The van der Waals surface area contributed by atoms with Gasteiger partial charge in [-0.2, -0.15) is 0 Å². The smallest absolute Gasteiger partial charge is 0.272 e. The molecule has 31 heavy (non-hydrogen) atoms. The summed E-state index contributed by atoms with van der Waals surface area (Å²) in [5, 5.41) is 0. The second-order valence-electron chi connectivity index (χ2n) is 7.91. The molecule has 2 fully saturated rings. The van der Waals surface area contributed by atoms with E-state index in [2.05, 4.69) is 38.8 Å². The van der Waals surface area contributed by atoms with Crippen LogP contribution in [0.15, 0.2) is 67.7 Å². The molecule has 174 valence electrons. The van der Waals surface area contributed by atoms with Gasteiger partial charge in [0.15, 0.2) is 0 Å². The van der Waals surface area contributed by atoms with Gasteiger partial charge in [0.1, 0.15) is 24.4 Å². The van der Waals surface area contributed by atoms with E-state index in [9.17, 15) is 0 Å². The van der Waals surface area contributed by atoms with Crippen LogP contribution in [0.25, 0.3) is 0 Å². The Morgan fingerprint density at radius 1 is 1.00 bits per heavy atom. The Hall–Kier alpha value is -2.56. The molecule has 0 N–H and O–H groups in total. The number of rotatable bonds is 5. The van der Waals surface area contributed by atoms with Gasteiger partial charge in [0.2, 0.25) is 0 Å². The lowest BCUT2D eigenvalue weighted by molar-refractivity contribution is -0.0906. The van der Waals surface area contributed by atoms with E-state index < -0.39 is 0 Å². The standard InChI is InChI=1S/C13H18O.C7H12O2.C6H10O2/c1-4-8-13(14-11(2)3)12-9-6-5-7-10-12;1-5-4-6(2)9-7(3)8-5;1-5-3-4-7-6(2)8-5/h5-7,9-10,13H,2,4,8H2,1,3H3;5-6H,3-4H2,1-2H3;5H,2-4H2,1H3. The van der Waals surface area contributed by atoms with Crippen LogP contribution in [0.5, 0.6) is 0 Å². The van der Waals surface area contributed by atoms with Crippen molar-refractivity contribution < 1.29 is 23.7 Å². The van der Waals surface area contributed by atoms with E-state index in [0.29, 0.717) is 11.9 Å². The zero-order chi connectivity index (χ0) is 23.2. The Balaban J connectivity index is 0.000000245. The summed E-state index contributed by atoms with van der Waals surface area (Å²) in [5.74, 6) is 1.71. The van der Waals surface area contributed by atoms with Crippen molar-refractivity contribution in [3.63, 3.8) is 0 Å². The molecule has 2 heterocycles. The Morgan fingerprint density at radius 3 is 2.00 bits per heavy atom. The van der Waals surface area contributed by atoms with Gasteiger partial charge in [0.05, 0.1) is 12.4 Å². The fraction of sp³-hybridized carbons (Fsp3) is 0.538. The summed E-state index contributed by atoms with van der Waals surface area (Å²) in [4.78, 5) is 0. The molecule has 5 heteroatoms. The van der Waals surface area contributed by atoms with Gasteiger partial charge in [-0.1, -0.05) is 50.3 Å². The lowest BCUT2D eigenvalue weighted by Crippen LogP contribution is -2.25. The maximum atomic E-state index is 5.68. The summed E-state index contributed by atoms with van der Waals surface area (Å²) in [7, 11) is 0. The molecule has 0 aliphatic carbocycles. The number of hydrogen-bond acceptors (Lipinski definition) is 5. The molecule has 0 aromatic heterocycles. The summed E-state index contributed by atoms with van der Waals surface area (Å²) in [5.41, 5.74) is 1.23. The van der Waals surface area contributed by atoms with Crippen molar-refractivity contribution in [2.45, 2.75) is 84.7 Å². The van der Waals surface area contributed by atoms with Crippen LogP contribution in [0.4, 0.5) is 0 Å². The van der Waals surface area contributed by atoms with Crippen molar-refractivity contribution in [1.29, 1.82) is 0 Å². The fourth-order valence-corrected chi connectivity index (χ4v) is 3.16. The summed E-state index contributed by atoms with van der Waals surface area (Å²) in [6.45, 7) is 21.7. The van der Waals surface area contributed by atoms with Crippen LogP contribution < -0.4 is 0 Å². The highest BCUT2D eigenvalue weighted by molar-refractivity contribution is 5.17. The molecule has 4 atom stereocenters. The van der Waals surface area contributed by atoms with Crippen LogP contribution >= 0.6 is 0 Å². The SMILES string of the molecule is C=C(C)OC(CCC)c1ccccc1.C=C1OC(C)CC(C)O1.C=C1OCCC(C)O1. The third-order valence-electron chi connectivity index (χ3n) is 4.51. The third kappa shape index (κ3) is 12.0. The lowest BCUT2D eigenvalue weighted by Gasteiger charge is -2.27. The Labute approximate surface area is 188 Å². The largest absolute Gasteiger partial charge is 0.491 e. The monoisotopic (exact) mass is 432 g/mol. The predicted octanol–water partition coefficient (Wildman–Crippen LogP) is 7.03. The Morgan fingerprint density at radius 2 is 1.58 bits per heavy atom. The van der Waals surface area contributed by atoms with Gasteiger partial charge in [-0.05, 0) is 52.8 Å². The number of hydrogen-bond donors (Lipinski definition) is 0. The molecule has 0 radical (unpaired) electrons. The van der Waals surface area contributed by atoms with Crippen LogP contribution in [-0.4, -0.2) is 24.9 Å². The number of ether oxygens (including phenoxy) is 5. The minimum atomic E-state index is 0.165. The third-order valence-corrected chi connectivity index (χ3v) is 4.51. The van der Waals surface area contributed by atoms with Crippen LogP contribution in [0.1, 0.15) is 72.0 Å². The van der Waals surface area contributed by atoms with Crippen LogP contribution in [0.2, 0.25) is 0 Å². The molecule has 0 spiro atoms. The highest BCUT2D eigenvalue weighted by Crippen LogP contribution is 2.24. The van der Waals surface area contributed by atoms with Crippen molar-refractivity contribution in [3.8, 4) is 0 Å². The summed E-state index contributed by atoms with van der Waals surface area (Å²) in [6.07, 6.45) is 5.07. The van der Waals surface area contributed by atoms with Crippen molar-refractivity contribution in [3.05, 3.63) is 73.3 Å². The van der Waals surface area contributed by atoms with E-state index in [4.69, 9.17) is 23.7 Å². The van der Waals surface area contributed by atoms with Gasteiger partial charge in [-0.25, -0.2) is 0 Å². The average molecular weight is 433 g/mol. The molecule has 1 aromatic rings. The van der Waals surface area contributed by atoms with Crippen molar-refractivity contribution >= 4 is 0 Å². The molecule has 5 nitrogen and oxygen atoms in total. The van der Waals surface area contributed by atoms with E-state index in [1.54, 1.807) is 0 Å². The number of allylic oxidation sites excluding steroid dienone is 1. The summed E-state index contributed by atoms with van der Waals surface area (Å²) < 4.78 is 26.0. The second kappa shape index (κ2) is 14.4. The summed E-state index contributed by atoms with van der Waals surface area (Å²) in [6, 6.07) is 10.3. The highest BCUT2D eigenvalue weighted by atomic mass is 16.7. The van der Waals surface area contributed by atoms with E-state index in [-0.39, 0.29) is 24.4 Å². The zero-order valence-electron chi connectivity index (χ0n) is 19.9. The van der Waals surface area contributed by atoms with Crippen molar-refractivity contribution in [1.82, 2.24) is 0 Å². The molecule has 0 amide bonds. The predicted molar refractivity (Wildman–Crippen MR) is 125 cm³/mol. The lowest BCUT2D eigenvalue weighted by atomic mass is 10.1. The van der Waals surface area contributed by atoms with E-state index in [1.165, 1.54) is 5.56 Å². The molecule has 0 saturated carbocycles. The van der Waals surface area contributed by atoms with E-state index >= 15 is 0 Å². The van der Waals surface area contributed by atoms with Gasteiger partial charge in [-0.15, -0.1) is 0 Å². The molecule has 2 saturated heterocycles. The normalized spacial score (nSPS) is 23.1. The topological polar surface area (TPSA) is 46.2 Å². The molecule has 4 unspecified atom stereocenters. The molecule has 2 aliphatic rings. The average Bonchev–Trinajstić information content (AvgIpc) is 2.68. The second-order valence-corrected chi connectivity index (χ2v) is 7.91. The van der Waals surface area contributed by atoms with Gasteiger partial charge in [0.25, 0.3) is 11.9 Å².